The van der Waals surface area contributed by atoms with Crippen molar-refractivity contribution in [2.45, 2.75) is 32.4 Å². The van der Waals surface area contributed by atoms with Crippen LogP contribution in [-0.2, 0) is 30.5 Å². The zero-order chi connectivity index (χ0) is 19.4. The number of esters is 1. The summed E-state index contributed by atoms with van der Waals surface area (Å²) >= 11 is 0. The molecule has 0 saturated carbocycles. The van der Waals surface area contributed by atoms with Gasteiger partial charge in [-0.15, -0.1) is 0 Å². The predicted molar refractivity (Wildman–Crippen MR) is 91.2 cm³/mol. The molecule has 0 bridgehead atoms. The summed E-state index contributed by atoms with van der Waals surface area (Å²) in [5.74, 6) is -3.03. The van der Waals surface area contributed by atoms with Crippen molar-refractivity contribution in [2.24, 2.45) is 0 Å². The molecule has 0 unspecified atom stereocenters. The third kappa shape index (κ3) is 8.09. The molecule has 1 atom stereocenters. The molecular formula is C18H21NO7. The minimum atomic E-state index is -1.23. The van der Waals surface area contributed by atoms with Crippen molar-refractivity contribution in [1.82, 2.24) is 5.32 Å². The Bertz CT molecular complexity index is 655. The highest BCUT2D eigenvalue weighted by Gasteiger charge is 2.20. The zero-order valence-electron chi connectivity index (χ0n) is 14.3. The lowest BCUT2D eigenvalue weighted by Gasteiger charge is -2.13. The third-order valence-corrected chi connectivity index (χ3v) is 3.17. The first-order valence-electron chi connectivity index (χ1n) is 8.01. The van der Waals surface area contributed by atoms with Gasteiger partial charge in [0.2, 0.25) is 0 Å². The van der Waals surface area contributed by atoms with E-state index >= 15 is 0 Å². The number of amides is 1. The summed E-state index contributed by atoms with van der Waals surface area (Å²) in [6.07, 6.45) is 1.72. The van der Waals surface area contributed by atoms with E-state index in [4.69, 9.17) is 9.84 Å². The van der Waals surface area contributed by atoms with Gasteiger partial charge in [-0.05, 0) is 31.4 Å². The van der Waals surface area contributed by atoms with E-state index in [9.17, 15) is 19.2 Å². The molecule has 2 N–H and O–H groups in total. The Morgan fingerprint density at radius 1 is 1.15 bits per heavy atom. The fraction of sp³-hybridized carbons (Fsp3) is 0.333. The monoisotopic (exact) mass is 363 g/mol. The molecule has 140 valence electrons. The van der Waals surface area contributed by atoms with Gasteiger partial charge in [0.1, 0.15) is 12.6 Å². The van der Waals surface area contributed by atoms with Crippen LogP contribution in [0.5, 0.6) is 0 Å². The SMILES string of the molecule is CCOC(=O)C(=O)/C=C/CC[C@H](NC(=O)OCc1ccccc1)C(=O)O. The molecule has 0 saturated heterocycles. The summed E-state index contributed by atoms with van der Waals surface area (Å²) in [4.78, 5) is 45.4. The van der Waals surface area contributed by atoms with E-state index in [0.29, 0.717) is 0 Å². The number of benzene rings is 1. The number of hydrogen-bond donors (Lipinski definition) is 2. The lowest BCUT2D eigenvalue weighted by atomic mass is 10.1. The van der Waals surface area contributed by atoms with Crippen molar-refractivity contribution in [2.75, 3.05) is 6.61 Å². The third-order valence-electron chi connectivity index (χ3n) is 3.17. The van der Waals surface area contributed by atoms with E-state index in [0.717, 1.165) is 11.6 Å². The van der Waals surface area contributed by atoms with Crippen LogP contribution in [0.15, 0.2) is 42.5 Å². The van der Waals surface area contributed by atoms with Gasteiger partial charge in [-0.3, -0.25) is 4.79 Å². The summed E-state index contributed by atoms with van der Waals surface area (Å²) in [6, 6.07) is 7.77. The van der Waals surface area contributed by atoms with Crippen LogP contribution < -0.4 is 5.32 Å². The molecule has 0 aliphatic carbocycles. The Morgan fingerprint density at radius 3 is 2.46 bits per heavy atom. The van der Waals surface area contributed by atoms with Crippen LogP contribution in [0, 0.1) is 0 Å². The molecule has 0 radical (unpaired) electrons. The minimum Gasteiger partial charge on any atom is -0.480 e. The molecule has 26 heavy (non-hydrogen) atoms. The van der Waals surface area contributed by atoms with Crippen LogP contribution >= 0.6 is 0 Å². The number of carboxylic acids is 1. The average molecular weight is 363 g/mol. The fourth-order valence-corrected chi connectivity index (χ4v) is 1.89. The molecule has 8 nitrogen and oxygen atoms in total. The Balaban J connectivity index is 2.41. The number of carboxylic acid groups (broad SMARTS) is 1. The van der Waals surface area contributed by atoms with Crippen molar-refractivity contribution in [3.63, 3.8) is 0 Å². The second-order valence-electron chi connectivity index (χ2n) is 5.16. The second-order valence-corrected chi connectivity index (χ2v) is 5.16. The number of carbonyl (C=O) groups excluding carboxylic acids is 3. The molecule has 0 spiro atoms. The molecule has 0 fully saturated rings. The minimum absolute atomic E-state index is 0.0208. The van der Waals surface area contributed by atoms with Gasteiger partial charge in [0.15, 0.2) is 0 Å². The molecule has 0 heterocycles. The van der Waals surface area contributed by atoms with Crippen LogP contribution in [-0.4, -0.2) is 41.6 Å². The number of ether oxygens (including phenoxy) is 2. The van der Waals surface area contributed by atoms with E-state index in [-0.39, 0.29) is 26.1 Å². The standard InChI is InChI=1S/C18H21NO7/c1-2-25-17(23)15(20)11-7-6-10-14(16(21)22)19-18(24)26-12-13-8-4-3-5-9-13/h3-5,7-9,11,14H,2,6,10,12H2,1H3,(H,19,24)(H,21,22)/b11-7+/t14-/m0/s1. The molecule has 1 amide bonds. The maximum Gasteiger partial charge on any atom is 0.408 e. The van der Waals surface area contributed by atoms with Gasteiger partial charge in [-0.1, -0.05) is 36.4 Å². The van der Waals surface area contributed by atoms with Gasteiger partial charge in [0, 0.05) is 0 Å². The Morgan fingerprint density at radius 2 is 1.85 bits per heavy atom. The Hall–Kier alpha value is -3.16. The van der Waals surface area contributed by atoms with E-state index < -0.39 is 29.9 Å². The molecule has 8 heteroatoms. The molecule has 0 aromatic heterocycles. The van der Waals surface area contributed by atoms with Gasteiger partial charge < -0.3 is 19.9 Å². The first-order chi connectivity index (χ1) is 12.4. The predicted octanol–water partition coefficient (Wildman–Crippen LogP) is 1.83. The fourth-order valence-electron chi connectivity index (χ4n) is 1.89. The van der Waals surface area contributed by atoms with Crippen LogP contribution in [0.1, 0.15) is 25.3 Å². The number of carbonyl (C=O) groups is 4. The number of hydrogen-bond acceptors (Lipinski definition) is 6. The van der Waals surface area contributed by atoms with Crippen molar-refractivity contribution >= 4 is 23.8 Å². The molecule has 1 aromatic carbocycles. The molecule has 1 rings (SSSR count). The van der Waals surface area contributed by atoms with E-state index in [1.165, 1.54) is 6.08 Å². The van der Waals surface area contributed by atoms with Crippen LogP contribution in [0.2, 0.25) is 0 Å². The van der Waals surface area contributed by atoms with Crippen molar-refractivity contribution in [1.29, 1.82) is 0 Å². The number of ketones is 1. The van der Waals surface area contributed by atoms with Crippen LogP contribution in [0.4, 0.5) is 4.79 Å². The second kappa shape index (κ2) is 11.4. The lowest BCUT2D eigenvalue weighted by molar-refractivity contribution is -0.151. The quantitative estimate of drug-likeness (QED) is 0.370. The zero-order valence-corrected chi connectivity index (χ0v) is 14.3. The van der Waals surface area contributed by atoms with Crippen molar-refractivity contribution in [3.05, 3.63) is 48.0 Å². The molecular weight excluding hydrogens is 342 g/mol. The number of nitrogens with one attached hydrogen (secondary N) is 1. The van der Waals surface area contributed by atoms with E-state index in [2.05, 4.69) is 10.1 Å². The largest absolute Gasteiger partial charge is 0.480 e. The maximum absolute atomic E-state index is 11.7. The first-order valence-corrected chi connectivity index (χ1v) is 8.01. The van der Waals surface area contributed by atoms with Gasteiger partial charge >= 0.3 is 18.0 Å². The summed E-state index contributed by atoms with van der Waals surface area (Å²) in [7, 11) is 0. The van der Waals surface area contributed by atoms with Gasteiger partial charge in [-0.2, -0.15) is 0 Å². The molecule has 1 aromatic rings. The number of alkyl carbamates (subject to hydrolysis) is 1. The topological polar surface area (TPSA) is 119 Å². The Kier molecular flexibility index (Phi) is 9.16. The van der Waals surface area contributed by atoms with Crippen LogP contribution in [0.25, 0.3) is 0 Å². The van der Waals surface area contributed by atoms with E-state index in [1.807, 2.05) is 6.07 Å². The van der Waals surface area contributed by atoms with Gasteiger partial charge in [0.25, 0.3) is 5.78 Å². The summed E-state index contributed by atoms with van der Waals surface area (Å²) in [6.45, 7) is 1.69. The first kappa shape index (κ1) is 20.9. The number of allylic oxidation sites excluding steroid dienone is 1. The molecule has 0 aliphatic rings. The normalized spacial score (nSPS) is 11.6. The highest BCUT2D eigenvalue weighted by molar-refractivity contribution is 6.38. The maximum atomic E-state index is 11.7. The van der Waals surface area contributed by atoms with Crippen molar-refractivity contribution < 1.29 is 33.8 Å². The highest BCUT2D eigenvalue weighted by Crippen LogP contribution is 2.03. The smallest absolute Gasteiger partial charge is 0.408 e. The number of rotatable bonds is 10. The lowest BCUT2D eigenvalue weighted by Crippen LogP contribution is -2.40. The van der Waals surface area contributed by atoms with Crippen LogP contribution in [0.3, 0.4) is 0 Å². The van der Waals surface area contributed by atoms with Gasteiger partial charge in [0.05, 0.1) is 6.61 Å². The summed E-state index contributed by atoms with van der Waals surface area (Å²) in [5.41, 5.74) is 0.773. The Labute approximate surface area is 150 Å². The van der Waals surface area contributed by atoms with Crippen molar-refractivity contribution in [3.8, 4) is 0 Å². The average Bonchev–Trinajstić information content (AvgIpc) is 2.63. The summed E-state index contributed by atoms with van der Waals surface area (Å²) in [5, 5.41) is 11.4. The highest BCUT2D eigenvalue weighted by atomic mass is 16.5. The molecule has 0 aliphatic heterocycles. The van der Waals surface area contributed by atoms with Gasteiger partial charge in [-0.25, -0.2) is 14.4 Å². The summed E-state index contributed by atoms with van der Waals surface area (Å²) < 4.78 is 9.49. The van der Waals surface area contributed by atoms with E-state index in [1.54, 1.807) is 31.2 Å². The number of aliphatic carboxylic acids is 1.